The Morgan fingerprint density at radius 1 is 1.43 bits per heavy atom. The lowest BCUT2D eigenvalue weighted by atomic mass is 10.1. The van der Waals surface area contributed by atoms with Gasteiger partial charge in [-0.1, -0.05) is 0 Å². The van der Waals surface area contributed by atoms with Crippen LogP contribution in [0.25, 0.3) is 0 Å². The highest BCUT2D eigenvalue weighted by molar-refractivity contribution is 5.45. The maximum Gasteiger partial charge on any atom is 0.124 e. The van der Waals surface area contributed by atoms with Crippen molar-refractivity contribution in [2.24, 2.45) is 18.9 Å². The van der Waals surface area contributed by atoms with Gasteiger partial charge in [-0.25, -0.2) is 0 Å². The summed E-state index contributed by atoms with van der Waals surface area (Å²) in [6, 6.07) is 0. The zero-order valence-electron chi connectivity index (χ0n) is 8.83. The van der Waals surface area contributed by atoms with Crippen molar-refractivity contribution >= 4 is 5.82 Å². The van der Waals surface area contributed by atoms with Gasteiger partial charge in [-0.2, -0.15) is 5.10 Å². The highest BCUT2D eigenvalue weighted by Crippen LogP contribution is 2.59. The van der Waals surface area contributed by atoms with Gasteiger partial charge in [0.15, 0.2) is 0 Å². The van der Waals surface area contributed by atoms with Crippen LogP contribution < -0.4 is 5.73 Å². The van der Waals surface area contributed by atoms with Gasteiger partial charge in [0.25, 0.3) is 0 Å². The van der Waals surface area contributed by atoms with Crippen LogP contribution >= 0.6 is 0 Å². The van der Waals surface area contributed by atoms with Crippen LogP contribution in [0.3, 0.4) is 0 Å². The number of aryl methyl sites for hydroxylation is 1. The fraction of sp³-hybridized carbons (Fsp3) is 0.727. The van der Waals surface area contributed by atoms with E-state index in [9.17, 15) is 0 Å². The van der Waals surface area contributed by atoms with E-state index in [2.05, 4.69) is 12.0 Å². The first kappa shape index (κ1) is 8.33. The average molecular weight is 191 g/mol. The second-order valence-electron chi connectivity index (χ2n) is 4.86. The topological polar surface area (TPSA) is 43.8 Å². The standard InChI is InChI=1S/C11H17N3/c1-6-10(13-14(2)11(6)12)9-5-8(9)7-3-4-7/h7-9H,3-5,12H2,1-2H3. The predicted octanol–water partition coefficient (Wildman–Crippen LogP) is 1.82. The first-order chi connectivity index (χ1) is 6.68. The molecule has 2 fully saturated rings. The fourth-order valence-electron chi connectivity index (χ4n) is 2.59. The lowest BCUT2D eigenvalue weighted by Gasteiger charge is -1.95. The van der Waals surface area contributed by atoms with E-state index >= 15 is 0 Å². The van der Waals surface area contributed by atoms with E-state index in [-0.39, 0.29) is 0 Å². The lowest BCUT2D eigenvalue weighted by molar-refractivity contribution is 0.670. The minimum absolute atomic E-state index is 0.728. The third kappa shape index (κ3) is 1.08. The van der Waals surface area contributed by atoms with Crippen molar-refractivity contribution in [2.75, 3.05) is 5.73 Å². The van der Waals surface area contributed by atoms with Gasteiger partial charge in [0, 0.05) is 18.5 Å². The number of hydrogen-bond acceptors (Lipinski definition) is 2. The summed E-state index contributed by atoms with van der Waals surface area (Å²) in [7, 11) is 1.93. The van der Waals surface area contributed by atoms with Crippen LogP contribution in [0.5, 0.6) is 0 Å². The third-order valence-corrected chi connectivity index (χ3v) is 3.79. The van der Waals surface area contributed by atoms with E-state index < -0.39 is 0 Å². The van der Waals surface area contributed by atoms with Gasteiger partial charge in [0.1, 0.15) is 5.82 Å². The maximum atomic E-state index is 5.91. The van der Waals surface area contributed by atoms with Crippen LogP contribution in [0.1, 0.15) is 36.4 Å². The minimum Gasteiger partial charge on any atom is -0.384 e. The van der Waals surface area contributed by atoms with Crippen molar-refractivity contribution in [1.82, 2.24) is 9.78 Å². The predicted molar refractivity (Wildman–Crippen MR) is 55.9 cm³/mol. The summed E-state index contributed by atoms with van der Waals surface area (Å²) in [5.41, 5.74) is 8.38. The first-order valence-electron chi connectivity index (χ1n) is 5.47. The molecule has 2 saturated carbocycles. The van der Waals surface area contributed by atoms with E-state index in [1.165, 1.54) is 30.5 Å². The van der Waals surface area contributed by atoms with Crippen LogP contribution in [0.15, 0.2) is 0 Å². The number of rotatable bonds is 2. The molecule has 2 unspecified atom stereocenters. The van der Waals surface area contributed by atoms with E-state index in [1.54, 1.807) is 0 Å². The molecule has 0 saturated heterocycles. The number of anilines is 1. The number of nitrogens with zero attached hydrogens (tertiary/aromatic N) is 2. The Morgan fingerprint density at radius 3 is 2.64 bits per heavy atom. The summed E-state index contributed by atoms with van der Waals surface area (Å²) in [6.45, 7) is 2.10. The smallest absolute Gasteiger partial charge is 0.124 e. The van der Waals surface area contributed by atoms with E-state index in [1.807, 2.05) is 11.7 Å². The summed E-state index contributed by atoms with van der Waals surface area (Å²) in [5.74, 6) is 3.51. The first-order valence-corrected chi connectivity index (χ1v) is 5.47. The minimum atomic E-state index is 0.728. The molecule has 3 nitrogen and oxygen atoms in total. The Bertz CT molecular complexity index is 376. The molecule has 1 aromatic rings. The second-order valence-corrected chi connectivity index (χ2v) is 4.86. The number of aromatic nitrogens is 2. The molecule has 2 atom stereocenters. The van der Waals surface area contributed by atoms with Crippen molar-refractivity contribution in [2.45, 2.75) is 32.1 Å². The Balaban J connectivity index is 1.86. The van der Waals surface area contributed by atoms with Crippen molar-refractivity contribution in [3.05, 3.63) is 11.3 Å². The quantitative estimate of drug-likeness (QED) is 0.775. The maximum absolute atomic E-state index is 5.91. The molecule has 0 aliphatic heterocycles. The monoisotopic (exact) mass is 191 g/mol. The van der Waals surface area contributed by atoms with Crippen molar-refractivity contribution < 1.29 is 0 Å². The molecular weight excluding hydrogens is 174 g/mol. The van der Waals surface area contributed by atoms with Crippen LogP contribution in [-0.2, 0) is 7.05 Å². The molecule has 0 spiro atoms. The van der Waals surface area contributed by atoms with Crippen molar-refractivity contribution in [3.8, 4) is 0 Å². The Kier molecular flexibility index (Phi) is 1.50. The molecule has 3 rings (SSSR count). The largest absolute Gasteiger partial charge is 0.384 e. The van der Waals surface area contributed by atoms with Gasteiger partial charge < -0.3 is 5.73 Å². The van der Waals surface area contributed by atoms with Crippen LogP contribution in [-0.4, -0.2) is 9.78 Å². The zero-order valence-corrected chi connectivity index (χ0v) is 8.83. The van der Waals surface area contributed by atoms with Gasteiger partial charge in [-0.05, 0) is 38.0 Å². The average Bonchev–Trinajstić information content (AvgIpc) is 3.01. The summed E-state index contributed by atoms with van der Waals surface area (Å²) in [6.07, 6.45) is 4.24. The molecule has 2 N–H and O–H groups in total. The summed E-state index contributed by atoms with van der Waals surface area (Å²) >= 11 is 0. The number of nitrogen functional groups attached to an aromatic ring is 1. The van der Waals surface area contributed by atoms with E-state index in [0.717, 1.165) is 23.6 Å². The third-order valence-electron chi connectivity index (χ3n) is 3.79. The lowest BCUT2D eigenvalue weighted by Crippen LogP contribution is -1.97. The van der Waals surface area contributed by atoms with Crippen LogP contribution in [0, 0.1) is 18.8 Å². The van der Waals surface area contributed by atoms with Gasteiger partial charge in [0.2, 0.25) is 0 Å². The van der Waals surface area contributed by atoms with Gasteiger partial charge in [-0.15, -0.1) is 0 Å². The molecule has 0 aromatic carbocycles. The van der Waals surface area contributed by atoms with Gasteiger partial charge >= 0.3 is 0 Å². The van der Waals surface area contributed by atoms with Crippen LogP contribution in [0.4, 0.5) is 5.82 Å². The molecule has 3 heteroatoms. The molecule has 1 aromatic heterocycles. The highest BCUT2D eigenvalue weighted by Gasteiger charge is 2.49. The zero-order chi connectivity index (χ0) is 9.87. The normalized spacial score (nSPS) is 30.7. The van der Waals surface area contributed by atoms with E-state index in [0.29, 0.717) is 0 Å². The summed E-state index contributed by atoms with van der Waals surface area (Å²) in [4.78, 5) is 0. The highest BCUT2D eigenvalue weighted by atomic mass is 15.3. The Hall–Kier alpha value is -0.990. The summed E-state index contributed by atoms with van der Waals surface area (Å²) < 4.78 is 1.81. The molecule has 76 valence electrons. The molecule has 1 heterocycles. The van der Waals surface area contributed by atoms with Gasteiger partial charge in [-0.3, -0.25) is 4.68 Å². The molecule has 14 heavy (non-hydrogen) atoms. The number of nitrogens with two attached hydrogens (primary N) is 1. The molecular formula is C11H17N3. The van der Waals surface area contributed by atoms with Crippen LogP contribution in [0.2, 0.25) is 0 Å². The second kappa shape index (κ2) is 2.53. The van der Waals surface area contributed by atoms with Crippen molar-refractivity contribution in [3.63, 3.8) is 0 Å². The van der Waals surface area contributed by atoms with Gasteiger partial charge in [0.05, 0.1) is 5.69 Å². The SMILES string of the molecule is Cc1c(C2CC2C2CC2)nn(C)c1N. The molecule has 0 amide bonds. The summed E-state index contributed by atoms with van der Waals surface area (Å²) in [5, 5.41) is 4.52. The van der Waals surface area contributed by atoms with E-state index in [4.69, 9.17) is 5.73 Å². The number of hydrogen-bond donors (Lipinski definition) is 1. The fourth-order valence-corrected chi connectivity index (χ4v) is 2.59. The van der Waals surface area contributed by atoms with Crippen molar-refractivity contribution in [1.29, 1.82) is 0 Å². The molecule has 0 radical (unpaired) electrons. The Labute approximate surface area is 84.3 Å². The Morgan fingerprint density at radius 2 is 2.14 bits per heavy atom. The molecule has 0 bridgehead atoms. The molecule has 2 aliphatic carbocycles. The molecule has 2 aliphatic rings.